The van der Waals surface area contributed by atoms with E-state index in [1.54, 1.807) is 24.0 Å². The Balaban J connectivity index is 0.000000291. The van der Waals surface area contributed by atoms with Crippen LogP contribution >= 0.6 is 9.39 Å². The van der Waals surface area contributed by atoms with Gasteiger partial charge in [-0.25, -0.2) is 4.39 Å². The molecule has 3 aliphatic rings. The largest absolute Gasteiger partial charge is 0.388 e. The molecule has 1 saturated heterocycles. The van der Waals surface area contributed by atoms with E-state index in [9.17, 15) is 0 Å². The molecule has 2 N–H and O–H groups in total. The van der Waals surface area contributed by atoms with E-state index in [0.717, 1.165) is 96.8 Å². The molecule has 3 aliphatic heterocycles. The van der Waals surface area contributed by atoms with Crippen molar-refractivity contribution >= 4 is 43.8 Å². The van der Waals surface area contributed by atoms with E-state index in [1.165, 1.54) is 85.3 Å². The lowest BCUT2D eigenvalue weighted by molar-refractivity contribution is 0.183. The van der Waals surface area contributed by atoms with Crippen molar-refractivity contribution in [2.45, 2.75) is 189 Å². The van der Waals surface area contributed by atoms with Gasteiger partial charge in [0, 0.05) is 96.3 Å². The van der Waals surface area contributed by atoms with Gasteiger partial charge in [-0.05, 0) is 144 Å². The van der Waals surface area contributed by atoms with E-state index in [2.05, 4.69) is 200 Å². The molecule has 4 aromatic carbocycles. The van der Waals surface area contributed by atoms with E-state index in [0.29, 0.717) is 36.2 Å². The number of benzene rings is 4. The van der Waals surface area contributed by atoms with Crippen LogP contribution in [0, 0.1) is 19.7 Å². The lowest BCUT2D eigenvalue weighted by Gasteiger charge is -2.50. The smallest absolute Gasteiger partial charge is 0.147 e. The number of aromatic nitrogens is 1. The van der Waals surface area contributed by atoms with E-state index in [-0.39, 0.29) is 5.82 Å². The molecule has 2 unspecified atom stereocenters. The summed E-state index contributed by atoms with van der Waals surface area (Å²) in [5.41, 5.74) is 15.6. The zero-order valence-corrected chi connectivity index (χ0v) is 55.0. The van der Waals surface area contributed by atoms with Gasteiger partial charge in [0.15, 0.2) is 0 Å². The number of likely N-dealkylation sites (tertiary alicyclic amines) is 1. The number of rotatable bonds is 25. The number of pyridine rings is 1. The molecule has 2 atom stereocenters. The Bertz CT molecular complexity index is 3010. The van der Waals surface area contributed by atoms with Crippen LogP contribution in [-0.4, -0.2) is 77.9 Å². The fourth-order valence-electron chi connectivity index (χ4n) is 12.6. The molecular formula is C75H108FN7S. The maximum Gasteiger partial charge on any atom is 0.147 e. The third-order valence-electron chi connectivity index (χ3n) is 16.5. The maximum atomic E-state index is 15.7. The number of anilines is 2. The summed E-state index contributed by atoms with van der Waals surface area (Å²) in [6.07, 6.45) is 20.6. The lowest BCUT2D eigenvalue weighted by atomic mass is 9.76. The molecule has 7 nitrogen and oxygen atoms in total. The second kappa shape index (κ2) is 34.6. The Kier molecular flexibility index (Phi) is 28.2. The minimum Gasteiger partial charge on any atom is -0.388 e. The highest BCUT2D eigenvalue weighted by Gasteiger charge is 2.41. The highest BCUT2D eigenvalue weighted by atomic mass is 32.2. The second-order valence-electron chi connectivity index (χ2n) is 22.7. The molecular weight excluding hydrogens is 1050 g/mol. The van der Waals surface area contributed by atoms with Gasteiger partial charge < -0.3 is 29.6 Å². The summed E-state index contributed by atoms with van der Waals surface area (Å²) in [5.74, 6) is 9.82. The predicted octanol–water partition coefficient (Wildman–Crippen LogP) is 19.1. The molecule has 4 heterocycles. The Morgan fingerprint density at radius 1 is 0.786 bits per heavy atom. The minimum absolute atomic E-state index is 0.228. The summed E-state index contributed by atoms with van der Waals surface area (Å²) in [7, 11) is -1.90. The predicted molar refractivity (Wildman–Crippen MR) is 371 cm³/mol. The van der Waals surface area contributed by atoms with Crippen molar-refractivity contribution in [3.8, 4) is 0 Å². The van der Waals surface area contributed by atoms with Crippen LogP contribution in [-0.2, 0) is 6.54 Å². The number of allylic oxidation sites excluding steroid dienone is 2. The SMILES string of the molecule is C=C(CCN1CCC(c2ccccc2)CC1)NCC1c2ccccc2C(=C)N(C(CCC)CCC)C1/C(=C/C)CCC.C=C1C(NS(=C)(=C)c2ccc(C)cc2C)=CN(Cc2ccncc2)c2cc(N(CCC)CCC)c(F)cc21.CC.CC. The van der Waals surface area contributed by atoms with Gasteiger partial charge in [0.25, 0.3) is 0 Å². The fourth-order valence-corrected chi connectivity index (χ4v) is 14.3. The van der Waals surface area contributed by atoms with Gasteiger partial charge in [-0.1, -0.05) is 197 Å². The number of nitrogens with zero attached hydrogens (tertiary/aromatic N) is 5. The monoisotopic (exact) mass is 1160 g/mol. The average molecular weight is 1160 g/mol. The van der Waals surface area contributed by atoms with Crippen LogP contribution < -0.4 is 19.8 Å². The topological polar surface area (TPSA) is 49.9 Å². The first-order valence-corrected chi connectivity index (χ1v) is 34.0. The summed E-state index contributed by atoms with van der Waals surface area (Å²) >= 11 is 0. The molecule has 8 rings (SSSR count). The first-order chi connectivity index (χ1) is 40.7. The van der Waals surface area contributed by atoms with Gasteiger partial charge in [0.05, 0.1) is 23.1 Å². The van der Waals surface area contributed by atoms with Crippen LogP contribution in [0.15, 0.2) is 163 Å². The maximum absolute atomic E-state index is 15.7. The van der Waals surface area contributed by atoms with Crippen molar-refractivity contribution in [2.24, 2.45) is 0 Å². The van der Waals surface area contributed by atoms with Gasteiger partial charge in [0.1, 0.15) is 5.82 Å². The van der Waals surface area contributed by atoms with Crippen LogP contribution in [0.25, 0.3) is 11.3 Å². The first-order valence-electron chi connectivity index (χ1n) is 32.1. The summed E-state index contributed by atoms with van der Waals surface area (Å²) in [4.78, 5) is 14.9. The van der Waals surface area contributed by atoms with E-state index < -0.39 is 9.39 Å². The molecule has 456 valence electrons. The standard InChI is InChI=1S/C39H57N3.C32H39FN4S.2C2H6/c1-7-16-32(10-4)39-38(37-22-15-14-21-36(37)31(6)42(39)35(17-8-2)18-9-3)29-40-30(5)23-26-41-27-24-34(25-28-41)33-19-12-11-13-20-33;1-8-16-36(17-9-2)31-20-30-27(19-28(31)33)25(5)29(22-37(30)21-26-12-14-34-15-13-26)35-38(6,7)32-11-10-23(3)18-24(32)4;2*1-2/h10-15,19-22,34-35,38-40H,5-9,16-18,23-29H2,1-4H3;10-15,18-20,22,35H,5-9,16-17,21H2,1-4H3;2*1-2H3/b32-10+;;;. The van der Waals surface area contributed by atoms with E-state index in [1.807, 2.05) is 45.9 Å². The number of piperidine rings is 1. The molecule has 0 radical (unpaired) electrons. The van der Waals surface area contributed by atoms with Crippen LogP contribution in [0.3, 0.4) is 0 Å². The zero-order chi connectivity index (χ0) is 61.3. The molecule has 9 heteroatoms. The fraction of sp³-hybridized carbons (Fsp3) is 0.453. The Morgan fingerprint density at radius 2 is 1.43 bits per heavy atom. The van der Waals surface area contributed by atoms with Crippen molar-refractivity contribution < 1.29 is 4.39 Å². The number of hydrogen-bond donors (Lipinski definition) is 2. The number of aryl methyl sites for hydroxylation is 2. The van der Waals surface area contributed by atoms with Gasteiger partial charge >= 0.3 is 0 Å². The number of fused-ring (bicyclic) bond motifs is 2. The molecule has 1 fully saturated rings. The van der Waals surface area contributed by atoms with Crippen LogP contribution in [0.5, 0.6) is 0 Å². The zero-order valence-electron chi connectivity index (χ0n) is 54.1. The Hall–Kier alpha value is -6.29. The average Bonchev–Trinajstić information content (AvgIpc) is 1.59. The van der Waals surface area contributed by atoms with E-state index >= 15 is 4.39 Å². The van der Waals surface area contributed by atoms with Crippen molar-refractivity contribution in [1.29, 1.82) is 0 Å². The van der Waals surface area contributed by atoms with Crippen molar-refractivity contribution in [1.82, 2.24) is 24.8 Å². The second-order valence-corrected chi connectivity index (χ2v) is 25.1. The minimum atomic E-state index is -1.90. The van der Waals surface area contributed by atoms with Crippen LogP contribution in [0.1, 0.15) is 191 Å². The van der Waals surface area contributed by atoms with Crippen molar-refractivity contribution in [3.63, 3.8) is 0 Å². The molecule has 0 amide bonds. The first kappa shape index (κ1) is 68.5. The van der Waals surface area contributed by atoms with E-state index in [4.69, 9.17) is 6.58 Å². The van der Waals surface area contributed by atoms with Crippen LogP contribution in [0.4, 0.5) is 15.8 Å². The lowest BCUT2D eigenvalue weighted by Crippen LogP contribution is -2.51. The molecule has 0 bridgehead atoms. The summed E-state index contributed by atoms with van der Waals surface area (Å²) in [6, 6.07) is 34.9. The molecule has 84 heavy (non-hydrogen) atoms. The normalized spacial score (nSPS) is 16.2. The number of nitrogens with one attached hydrogen (secondary N) is 2. The molecule has 0 saturated carbocycles. The highest BCUT2D eigenvalue weighted by Crippen LogP contribution is 2.46. The van der Waals surface area contributed by atoms with Gasteiger partial charge in [-0.2, -0.15) is 0 Å². The van der Waals surface area contributed by atoms with Gasteiger partial charge in [0.2, 0.25) is 0 Å². The van der Waals surface area contributed by atoms with Crippen LogP contribution in [0.2, 0.25) is 0 Å². The number of halogens is 1. The summed E-state index contributed by atoms with van der Waals surface area (Å²) < 4.78 is 19.3. The quantitative estimate of drug-likeness (QED) is 0.0446. The molecule has 0 aliphatic carbocycles. The third kappa shape index (κ3) is 17.9. The summed E-state index contributed by atoms with van der Waals surface area (Å²) in [5, 5.41) is 3.85. The summed E-state index contributed by atoms with van der Waals surface area (Å²) in [6.45, 7) is 45.9. The Morgan fingerprint density at radius 3 is 2.04 bits per heavy atom. The van der Waals surface area contributed by atoms with Gasteiger partial charge in [-0.15, -0.1) is 9.39 Å². The number of hydrogen-bond acceptors (Lipinski definition) is 7. The third-order valence-corrected chi connectivity index (χ3v) is 18.5. The highest BCUT2D eigenvalue weighted by molar-refractivity contribution is 8.26. The van der Waals surface area contributed by atoms with Crippen molar-refractivity contribution in [2.75, 3.05) is 49.1 Å². The van der Waals surface area contributed by atoms with Gasteiger partial charge in [-0.3, -0.25) is 4.98 Å². The Labute approximate surface area is 511 Å². The molecule has 1 aromatic heterocycles. The van der Waals surface area contributed by atoms with Crippen molar-refractivity contribution in [3.05, 3.63) is 203 Å². The molecule has 5 aromatic rings. The molecule has 0 spiro atoms.